The Morgan fingerprint density at radius 2 is 1.93 bits per heavy atom. The van der Waals surface area contributed by atoms with Crippen molar-refractivity contribution >= 4 is 17.8 Å². The maximum absolute atomic E-state index is 13.5. The van der Waals surface area contributed by atoms with Crippen LogP contribution in [0.5, 0.6) is 0 Å². The van der Waals surface area contributed by atoms with Crippen molar-refractivity contribution in [3.05, 3.63) is 35.4 Å². The Morgan fingerprint density at radius 1 is 1.14 bits per heavy atom. The SMILES string of the molecule is COC(=O)CCCC(=O)N1CC[C@@]2(CCCN(Cc3ccc(F)c(F)c3)C2=O)C1. The standard InChI is InChI=1S/C21H26F2N2O4/c1-29-19(27)5-2-4-18(26)25-11-9-21(14-25)8-3-10-24(20(21)28)13-15-6-7-16(22)17(23)12-15/h6-7,12H,2-5,8-11,13-14H2,1H3/t21-/m0/s1. The zero-order chi connectivity index (χ0) is 21.0. The number of piperidine rings is 1. The number of hydrogen-bond acceptors (Lipinski definition) is 4. The predicted octanol–water partition coefficient (Wildman–Crippen LogP) is 2.65. The number of esters is 1. The maximum Gasteiger partial charge on any atom is 0.305 e. The van der Waals surface area contributed by atoms with Gasteiger partial charge in [-0.25, -0.2) is 8.78 Å². The fourth-order valence-corrected chi connectivity index (χ4v) is 4.27. The Kier molecular flexibility index (Phi) is 6.49. The molecule has 2 fully saturated rings. The lowest BCUT2D eigenvalue weighted by Gasteiger charge is -2.39. The highest BCUT2D eigenvalue weighted by atomic mass is 19.2. The van der Waals surface area contributed by atoms with Gasteiger partial charge < -0.3 is 14.5 Å². The molecule has 0 aromatic heterocycles. The third-order valence-corrected chi connectivity index (χ3v) is 5.89. The first-order valence-electron chi connectivity index (χ1n) is 9.92. The van der Waals surface area contributed by atoms with E-state index in [1.165, 1.54) is 13.2 Å². The van der Waals surface area contributed by atoms with E-state index in [9.17, 15) is 23.2 Å². The molecule has 2 saturated heterocycles. The molecule has 0 aliphatic carbocycles. The van der Waals surface area contributed by atoms with Crippen LogP contribution in [0.25, 0.3) is 0 Å². The Bertz CT molecular complexity index is 801. The van der Waals surface area contributed by atoms with Crippen molar-refractivity contribution < 1.29 is 27.9 Å². The molecule has 1 atom stereocenters. The normalized spacial score (nSPS) is 21.7. The van der Waals surface area contributed by atoms with E-state index in [2.05, 4.69) is 4.74 Å². The van der Waals surface area contributed by atoms with E-state index in [0.29, 0.717) is 44.5 Å². The van der Waals surface area contributed by atoms with Crippen LogP contribution in [0.1, 0.15) is 44.1 Å². The predicted molar refractivity (Wildman–Crippen MR) is 101 cm³/mol. The fraction of sp³-hybridized carbons (Fsp3) is 0.571. The monoisotopic (exact) mass is 408 g/mol. The average molecular weight is 408 g/mol. The van der Waals surface area contributed by atoms with Gasteiger partial charge in [0.25, 0.3) is 0 Å². The molecule has 1 spiro atoms. The Labute approximate surface area is 168 Å². The molecule has 2 aliphatic rings. The summed E-state index contributed by atoms with van der Waals surface area (Å²) in [6, 6.07) is 3.67. The third kappa shape index (κ3) is 4.74. The number of benzene rings is 1. The third-order valence-electron chi connectivity index (χ3n) is 5.89. The summed E-state index contributed by atoms with van der Waals surface area (Å²) in [6.07, 6.45) is 2.99. The largest absolute Gasteiger partial charge is 0.469 e. The second-order valence-corrected chi connectivity index (χ2v) is 7.85. The zero-order valence-corrected chi connectivity index (χ0v) is 16.6. The van der Waals surface area contributed by atoms with Gasteiger partial charge in [0.1, 0.15) is 0 Å². The first-order chi connectivity index (χ1) is 13.8. The Hall–Kier alpha value is -2.51. The van der Waals surface area contributed by atoms with Crippen LogP contribution in [0.2, 0.25) is 0 Å². The molecular formula is C21H26F2N2O4. The summed E-state index contributed by atoms with van der Waals surface area (Å²) in [5.41, 5.74) is -0.0579. The first kappa shape index (κ1) is 21.2. The number of amides is 2. The van der Waals surface area contributed by atoms with Gasteiger partial charge in [-0.15, -0.1) is 0 Å². The van der Waals surface area contributed by atoms with Crippen LogP contribution in [-0.2, 0) is 25.7 Å². The highest BCUT2D eigenvalue weighted by molar-refractivity contribution is 5.86. The molecule has 0 N–H and O–H groups in total. The van der Waals surface area contributed by atoms with Crippen molar-refractivity contribution in [1.29, 1.82) is 0 Å². The molecule has 0 bridgehead atoms. The molecule has 158 valence electrons. The molecule has 6 nitrogen and oxygen atoms in total. The van der Waals surface area contributed by atoms with Gasteiger partial charge in [0.05, 0.1) is 12.5 Å². The van der Waals surface area contributed by atoms with Crippen LogP contribution < -0.4 is 0 Å². The topological polar surface area (TPSA) is 66.9 Å². The molecule has 0 radical (unpaired) electrons. The van der Waals surface area contributed by atoms with Gasteiger partial charge in [-0.1, -0.05) is 6.07 Å². The summed E-state index contributed by atoms with van der Waals surface area (Å²) in [7, 11) is 1.31. The van der Waals surface area contributed by atoms with Crippen LogP contribution in [0.4, 0.5) is 8.78 Å². The number of likely N-dealkylation sites (tertiary alicyclic amines) is 2. The van der Waals surface area contributed by atoms with Gasteiger partial charge in [-0.2, -0.15) is 0 Å². The fourth-order valence-electron chi connectivity index (χ4n) is 4.27. The minimum Gasteiger partial charge on any atom is -0.469 e. The van der Waals surface area contributed by atoms with Crippen molar-refractivity contribution in [2.24, 2.45) is 5.41 Å². The highest BCUT2D eigenvalue weighted by Gasteiger charge is 2.49. The summed E-state index contributed by atoms with van der Waals surface area (Å²) >= 11 is 0. The number of halogens is 2. The number of rotatable bonds is 6. The van der Waals surface area contributed by atoms with Gasteiger partial charge in [0.2, 0.25) is 11.8 Å². The summed E-state index contributed by atoms with van der Waals surface area (Å²) in [5.74, 6) is -2.26. The van der Waals surface area contributed by atoms with E-state index in [4.69, 9.17) is 0 Å². The van der Waals surface area contributed by atoms with Crippen molar-refractivity contribution in [1.82, 2.24) is 9.80 Å². The molecule has 1 aromatic carbocycles. The van der Waals surface area contributed by atoms with Crippen LogP contribution in [0.15, 0.2) is 18.2 Å². The molecule has 3 rings (SSSR count). The summed E-state index contributed by atoms with van der Waals surface area (Å²) in [4.78, 5) is 40.2. The minimum absolute atomic E-state index is 0.0293. The molecular weight excluding hydrogens is 382 g/mol. The zero-order valence-electron chi connectivity index (χ0n) is 16.6. The second kappa shape index (κ2) is 8.88. The van der Waals surface area contributed by atoms with Crippen molar-refractivity contribution in [3.63, 3.8) is 0 Å². The Morgan fingerprint density at radius 3 is 2.66 bits per heavy atom. The maximum atomic E-state index is 13.5. The van der Waals surface area contributed by atoms with Gasteiger partial charge in [0, 0.05) is 39.0 Å². The molecule has 8 heteroatoms. The van der Waals surface area contributed by atoms with Gasteiger partial charge in [0.15, 0.2) is 11.6 Å². The lowest BCUT2D eigenvalue weighted by atomic mass is 9.78. The number of nitrogens with zero attached hydrogens (tertiary/aromatic N) is 2. The smallest absolute Gasteiger partial charge is 0.305 e. The average Bonchev–Trinajstić information content (AvgIpc) is 3.13. The Balaban J connectivity index is 1.60. The minimum atomic E-state index is -0.925. The lowest BCUT2D eigenvalue weighted by Crippen LogP contribution is -2.50. The molecule has 2 amide bonds. The van der Waals surface area contributed by atoms with Crippen molar-refractivity contribution in [2.45, 2.75) is 45.1 Å². The van der Waals surface area contributed by atoms with E-state index in [1.807, 2.05) is 0 Å². The lowest BCUT2D eigenvalue weighted by molar-refractivity contribution is -0.146. The molecule has 1 aromatic rings. The van der Waals surface area contributed by atoms with Gasteiger partial charge >= 0.3 is 5.97 Å². The van der Waals surface area contributed by atoms with E-state index < -0.39 is 17.0 Å². The van der Waals surface area contributed by atoms with Crippen molar-refractivity contribution in [2.75, 3.05) is 26.7 Å². The van der Waals surface area contributed by atoms with E-state index in [0.717, 1.165) is 18.6 Å². The van der Waals surface area contributed by atoms with Crippen LogP contribution >= 0.6 is 0 Å². The first-order valence-corrected chi connectivity index (χ1v) is 9.92. The number of carbonyl (C=O) groups is 3. The van der Waals surface area contributed by atoms with E-state index in [-0.39, 0.29) is 37.2 Å². The summed E-state index contributed by atoms with van der Waals surface area (Å²) in [5, 5.41) is 0. The number of hydrogen-bond donors (Lipinski definition) is 0. The quantitative estimate of drug-likeness (QED) is 0.679. The van der Waals surface area contributed by atoms with Crippen LogP contribution in [-0.4, -0.2) is 54.3 Å². The summed E-state index contributed by atoms with van der Waals surface area (Å²) in [6.45, 7) is 1.68. The van der Waals surface area contributed by atoms with Crippen molar-refractivity contribution in [3.8, 4) is 0 Å². The number of ether oxygens (including phenoxy) is 1. The van der Waals surface area contributed by atoms with Crippen LogP contribution in [0, 0.1) is 17.0 Å². The van der Waals surface area contributed by atoms with Gasteiger partial charge in [-0.3, -0.25) is 14.4 Å². The molecule has 2 aliphatic heterocycles. The van der Waals surface area contributed by atoms with E-state index in [1.54, 1.807) is 9.80 Å². The van der Waals surface area contributed by atoms with Crippen LogP contribution in [0.3, 0.4) is 0 Å². The van der Waals surface area contributed by atoms with E-state index >= 15 is 0 Å². The molecule has 2 heterocycles. The molecule has 0 saturated carbocycles. The molecule has 0 unspecified atom stereocenters. The highest BCUT2D eigenvalue weighted by Crippen LogP contribution is 2.40. The summed E-state index contributed by atoms with van der Waals surface area (Å²) < 4.78 is 31.2. The second-order valence-electron chi connectivity index (χ2n) is 7.85. The van der Waals surface area contributed by atoms with Gasteiger partial charge in [-0.05, 0) is 43.4 Å². The molecule has 29 heavy (non-hydrogen) atoms. The number of methoxy groups -OCH3 is 1. The number of carbonyl (C=O) groups excluding carboxylic acids is 3.